The molecule has 1 saturated carbocycles. The van der Waals surface area contributed by atoms with E-state index in [0.717, 1.165) is 17.3 Å². The number of hydrogen-bond acceptors (Lipinski definition) is 3. The molecule has 0 bridgehead atoms. The van der Waals surface area contributed by atoms with E-state index in [1.807, 2.05) is 0 Å². The van der Waals surface area contributed by atoms with Gasteiger partial charge in [-0.1, -0.05) is 28.8 Å². The number of rotatable bonds is 6. The van der Waals surface area contributed by atoms with Crippen molar-refractivity contribution in [3.63, 3.8) is 0 Å². The maximum atomic E-state index is 11.9. The summed E-state index contributed by atoms with van der Waals surface area (Å²) in [5.74, 6) is -1.60. The Morgan fingerprint density at radius 1 is 1.13 bits per heavy atom. The molecule has 1 aromatic carbocycles. The Morgan fingerprint density at radius 3 is 2.30 bits per heavy atom. The second-order valence-corrected chi connectivity index (χ2v) is 6.57. The molecule has 2 amide bonds. The number of carbonyl (C=O) groups is 3. The van der Waals surface area contributed by atoms with E-state index in [0.29, 0.717) is 18.4 Å². The van der Waals surface area contributed by atoms with Crippen LogP contribution in [0, 0.1) is 0 Å². The summed E-state index contributed by atoms with van der Waals surface area (Å²) in [5, 5.41) is 14.6. The molecule has 7 heteroatoms. The first-order chi connectivity index (χ1) is 10.9. The average Bonchev–Trinajstić information content (AvgIpc) is 2.97. The first-order valence-corrected chi connectivity index (χ1v) is 8.30. The van der Waals surface area contributed by atoms with Gasteiger partial charge in [-0.15, -0.1) is 0 Å². The van der Waals surface area contributed by atoms with E-state index in [2.05, 4.69) is 26.6 Å². The quantitative estimate of drug-likeness (QED) is 0.701. The van der Waals surface area contributed by atoms with Crippen molar-refractivity contribution in [3.05, 3.63) is 34.3 Å². The highest BCUT2D eigenvalue weighted by atomic mass is 79.9. The van der Waals surface area contributed by atoms with Gasteiger partial charge in [-0.05, 0) is 37.1 Å². The number of carboxylic acids is 1. The molecule has 0 saturated heterocycles. The molecule has 0 aromatic heterocycles. The Balaban J connectivity index is 1.79. The predicted molar refractivity (Wildman–Crippen MR) is 88.1 cm³/mol. The summed E-state index contributed by atoms with van der Waals surface area (Å²) < 4.78 is 0.879. The number of amides is 2. The van der Waals surface area contributed by atoms with Gasteiger partial charge in [-0.2, -0.15) is 0 Å². The highest BCUT2D eigenvalue weighted by Gasteiger charge is 2.42. The number of hydrogen-bond donors (Lipinski definition) is 3. The minimum atomic E-state index is -1.13. The number of benzene rings is 1. The van der Waals surface area contributed by atoms with Gasteiger partial charge in [0.05, 0.1) is 0 Å². The predicted octanol–water partition coefficient (Wildman–Crippen LogP) is 2.08. The summed E-state index contributed by atoms with van der Waals surface area (Å²) in [5.41, 5.74) is -0.626. The molecule has 124 valence electrons. The van der Waals surface area contributed by atoms with Crippen LogP contribution in [0.5, 0.6) is 0 Å². The van der Waals surface area contributed by atoms with Gasteiger partial charge in [0, 0.05) is 23.0 Å². The zero-order valence-corrected chi connectivity index (χ0v) is 14.2. The zero-order chi connectivity index (χ0) is 16.9. The minimum Gasteiger partial charge on any atom is -0.480 e. The van der Waals surface area contributed by atoms with Crippen molar-refractivity contribution in [2.45, 2.75) is 37.6 Å². The maximum absolute atomic E-state index is 11.9. The van der Waals surface area contributed by atoms with Crippen LogP contribution in [0.3, 0.4) is 0 Å². The third-order valence-corrected chi connectivity index (χ3v) is 4.52. The Hall–Kier alpha value is -1.89. The van der Waals surface area contributed by atoms with Crippen molar-refractivity contribution in [3.8, 4) is 0 Å². The van der Waals surface area contributed by atoms with Crippen LogP contribution in [0.15, 0.2) is 28.7 Å². The highest BCUT2D eigenvalue weighted by Crippen LogP contribution is 2.29. The minimum absolute atomic E-state index is 0.0529. The van der Waals surface area contributed by atoms with Gasteiger partial charge >= 0.3 is 5.97 Å². The molecule has 0 unspecified atom stereocenters. The lowest BCUT2D eigenvalue weighted by molar-refractivity contribution is -0.147. The van der Waals surface area contributed by atoms with Gasteiger partial charge in [0.1, 0.15) is 5.54 Å². The van der Waals surface area contributed by atoms with Gasteiger partial charge in [-0.3, -0.25) is 9.59 Å². The van der Waals surface area contributed by atoms with Gasteiger partial charge in [-0.25, -0.2) is 4.79 Å². The highest BCUT2D eigenvalue weighted by molar-refractivity contribution is 9.10. The van der Waals surface area contributed by atoms with Crippen LogP contribution in [0.2, 0.25) is 0 Å². The standard InChI is InChI=1S/C16H19BrN2O4/c17-12-5-3-11(4-6-12)14(21)18-10-7-13(20)19-16(15(22)23)8-1-2-9-16/h3-6H,1-2,7-10H2,(H,18,21)(H,19,20)(H,22,23). The number of carboxylic acid groups (broad SMARTS) is 1. The lowest BCUT2D eigenvalue weighted by Gasteiger charge is -2.25. The lowest BCUT2D eigenvalue weighted by atomic mass is 9.97. The second kappa shape index (κ2) is 7.59. The Bertz CT molecular complexity index is 595. The van der Waals surface area contributed by atoms with Crippen LogP contribution < -0.4 is 10.6 Å². The van der Waals surface area contributed by atoms with E-state index in [1.165, 1.54) is 0 Å². The number of carbonyl (C=O) groups excluding carboxylic acids is 2. The molecule has 0 aliphatic heterocycles. The van der Waals surface area contributed by atoms with E-state index in [9.17, 15) is 19.5 Å². The van der Waals surface area contributed by atoms with Crippen LogP contribution >= 0.6 is 15.9 Å². The second-order valence-electron chi connectivity index (χ2n) is 5.66. The number of aliphatic carboxylic acids is 1. The lowest BCUT2D eigenvalue weighted by Crippen LogP contribution is -2.52. The SMILES string of the molecule is O=C(CCNC(=O)c1ccc(Br)cc1)NC1(C(=O)O)CCCC1. The molecular weight excluding hydrogens is 364 g/mol. The first-order valence-electron chi connectivity index (χ1n) is 7.51. The molecular formula is C16H19BrN2O4. The molecule has 1 fully saturated rings. The van der Waals surface area contributed by atoms with Gasteiger partial charge in [0.2, 0.25) is 5.91 Å². The molecule has 3 N–H and O–H groups in total. The fourth-order valence-corrected chi connectivity index (χ4v) is 2.96. The monoisotopic (exact) mass is 382 g/mol. The smallest absolute Gasteiger partial charge is 0.329 e. The Morgan fingerprint density at radius 2 is 1.74 bits per heavy atom. The van der Waals surface area contributed by atoms with Gasteiger partial charge in [0.15, 0.2) is 0 Å². The maximum Gasteiger partial charge on any atom is 0.329 e. The Labute approximate surface area is 142 Å². The molecule has 6 nitrogen and oxygen atoms in total. The molecule has 23 heavy (non-hydrogen) atoms. The summed E-state index contributed by atoms with van der Waals surface area (Å²) in [4.78, 5) is 35.2. The van der Waals surface area contributed by atoms with Crippen molar-refractivity contribution in [2.75, 3.05) is 6.54 Å². The summed E-state index contributed by atoms with van der Waals surface area (Å²) in [6.07, 6.45) is 2.57. The van der Waals surface area contributed by atoms with E-state index >= 15 is 0 Å². The van der Waals surface area contributed by atoms with Crippen molar-refractivity contribution in [2.24, 2.45) is 0 Å². The molecule has 0 heterocycles. The third-order valence-electron chi connectivity index (χ3n) is 3.99. The molecule has 2 rings (SSSR count). The summed E-state index contributed by atoms with van der Waals surface area (Å²) >= 11 is 3.29. The molecule has 0 radical (unpaired) electrons. The Kier molecular flexibility index (Phi) is 5.76. The van der Waals surface area contributed by atoms with Crippen molar-refractivity contribution in [1.82, 2.24) is 10.6 Å². The van der Waals surface area contributed by atoms with Crippen LogP contribution in [-0.4, -0.2) is 35.0 Å². The van der Waals surface area contributed by atoms with E-state index in [-0.39, 0.29) is 24.8 Å². The van der Waals surface area contributed by atoms with E-state index in [4.69, 9.17) is 0 Å². The fraction of sp³-hybridized carbons (Fsp3) is 0.438. The fourth-order valence-electron chi connectivity index (χ4n) is 2.69. The number of halogens is 1. The average molecular weight is 383 g/mol. The first kappa shape index (κ1) is 17.5. The zero-order valence-electron chi connectivity index (χ0n) is 12.6. The van der Waals surface area contributed by atoms with Crippen LogP contribution in [-0.2, 0) is 9.59 Å². The van der Waals surface area contributed by atoms with E-state index < -0.39 is 11.5 Å². The van der Waals surface area contributed by atoms with E-state index in [1.54, 1.807) is 24.3 Å². The summed E-state index contributed by atoms with van der Waals surface area (Å²) in [6, 6.07) is 6.88. The normalized spacial score (nSPS) is 15.9. The molecule has 1 aromatic rings. The summed E-state index contributed by atoms with van der Waals surface area (Å²) in [6.45, 7) is 0.163. The number of nitrogens with one attached hydrogen (secondary N) is 2. The largest absolute Gasteiger partial charge is 0.480 e. The summed E-state index contributed by atoms with van der Waals surface area (Å²) in [7, 11) is 0. The van der Waals surface area contributed by atoms with Gasteiger partial charge < -0.3 is 15.7 Å². The van der Waals surface area contributed by atoms with Crippen molar-refractivity contribution < 1.29 is 19.5 Å². The van der Waals surface area contributed by atoms with Crippen LogP contribution in [0.1, 0.15) is 42.5 Å². The van der Waals surface area contributed by atoms with Gasteiger partial charge in [0.25, 0.3) is 5.91 Å². The third kappa shape index (κ3) is 4.54. The topological polar surface area (TPSA) is 95.5 Å². The molecule has 0 spiro atoms. The van der Waals surface area contributed by atoms with Crippen LogP contribution in [0.4, 0.5) is 0 Å². The van der Waals surface area contributed by atoms with Crippen molar-refractivity contribution >= 4 is 33.7 Å². The molecule has 1 aliphatic rings. The van der Waals surface area contributed by atoms with Crippen LogP contribution in [0.25, 0.3) is 0 Å². The molecule has 1 aliphatic carbocycles. The molecule has 0 atom stereocenters. The van der Waals surface area contributed by atoms with Crippen molar-refractivity contribution in [1.29, 1.82) is 0 Å².